The molecule has 0 spiro atoms. The minimum Gasteiger partial charge on any atom is -0.491 e. The van der Waals surface area contributed by atoms with Crippen molar-refractivity contribution < 1.29 is 19.7 Å². The molecule has 3 aromatic rings. The molecule has 2 unspecified atom stereocenters. The second-order valence-electron chi connectivity index (χ2n) is 8.50. The SMILES string of the molecule is CCOCCOc1ccc(C[C@@H](C)N(CC(O)c2cccc(Br)n2)CC(O)c2cccc(Br)n2)cc1. The summed E-state index contributed by atoms with van der Waals surface area (Å²) in [5, 5.41) is 21.9. The molecule has 0 saturated heterocycles. The van der Waals surface area contributed by atoms with Crippen molar-refractivity contribution in [1.29, 1.82) is 0 Å². The maximum Gasteiger partial charge on any atom is 0.119 e. The van der Waals surface area contributed by atoms with Crippen molar-refractivity contribution in [3.8, 4) is 5.75 Å². The van der Waals surface area contributed by atoms with E-state index < -0.39 is 12.2 Å². The van der Waals surface area contributed by atoms with Gasteiger partial charge in [-0.05, 0) is 94.1 Å². The summed E-state index contributed by atoms with van der Waals surface area (Å²) in [6, 6.07) is 19.0. The Morgan fingerprint density at radius 1 is 0.833 bits per heavy atom. The Bertz CT molecular complexity index is 1020. The molecule has 0 aliphatic rings. The summed E-state index contributed by atoms with van der Waals surface area (Å²) in [4.78, 5) is 10.9. The van der Waals surface area contributed by atoms with E-state index >= 15 is 0 Å². The van der Waals surface area contributed by atoms with E-state index in [0.717, 1.165) is 17.7 Å². The summed E-state index contributed by atoms with van der Waals surface area (Å²) in [5.41, 5.74) is 2.28. The number of halogens is 2. The van der Waals surface area contributed by atoms with E-state index in [1.807, 2.05) is 55.5 Å². The highest BCUT2D eigenvalue weighted by Crippen LogP contribution is 2.22. The van der Waals surface area contributed by atoms with Crippen LogP contribution < -0.4 is 4.74 Å². The first-order valence-electron chi connectivity index (χ1n) is 12.0. The minimum absolute atomic E-state index is 0.0262. The van der Waals surface area contributed by atoms with Gasteiger partial charge in [0.25, 0.3) is 0 Å². The highest BCUT2D eigenvalue weighted by atomic mass is 79.9. The largest absolute Gasteiger partial charge is 0.491 e. The summed E-state index contributed by atoms with van der Waals surface area (Å²) in [5.74, 6) is 0.801. The van der Waals surface area contributed by atoms with Crippen LogP contribution >= 0.6 is 31.9 Å². The fourth-order valence-corrected chi connectivity index (χ4v) is 4.55. The number of pyridine rings is 2. The van der Waals surface area contributed by atoms with Gasteiger partial charge in [0.15, 0.2) is 0 Å². The van der Waals surface area contributed by atoms with Crippen LogP contribution in [0.1, 0.15) is 43.0 Å². The van der Waals surface area contributed by atoms with Crippen LogP contribution in [0, 0.1) is 0 Å². The molecule has 0 bridgehead atoms. The molecule has 0 radical (unpaired) electrons. The Hall–Kier alpha value is -1.88. The Morgan fingerprint density at radius 3 is 1.89 bits per heavy atom. The second-order valence-corrected chi connectivity index (χ2v) is 10.1. The van der Waals surface area contributed by atoms with Crippen LogP contribution in [0.3, 0.4) is 0 Å². The van der Waals surface area contributed by atoms with Gasteiger partial charge in [-0.15, -0.1) is 0 Å². The summed E-state index contributed by atoms with van der Waals surface area (Å²) < 4.78 is 12.4. The van der Waals surface area contributed by atoms with Gasteiger partial charge in [-0.3, -0.25) is 4.90 Å². The van der Waals surface area contributed by atoms with Gasteiger partial charge in [-0.1, -0.05) is 24.3 Å². The van der Waals surface area contributed by atoms with Crippen molar-refractivity contribution in [2.24, 2.45) is 0 Å². The fourth-order valence-electron chi connectivity index (χ4n) is 3.84. The lowest BCUT2D eigenvalue weighted by molar-refractivity contribution is 0.0451. The average molecular weight is 623 g/mol. The molecule has 36 heavy (non-hydrogen) atoms. The number of nitrogens with zero attached hydrogens (tertiary/aromatic N) is 3. The number of aliphatic hydroxyl groups excluding tert-OH is 2. The Labute approximate surface area is 229 Å². The molecule has 2 heterocycles. The van der Waals surface area contributed by atoms with Crippen molar-refractivity contribution >= 4 is 31.9 Å². The zero-order valence-electron chi connectivity index (χ0n) is 20.6. The average Bonchev–Trinajstić information content (AvgIpc) is 2.87. The molecule has 1 aromatic carbocycles. The number of rotatable bonds is 14. The van der Waals surface area contributed by atoms with E-state index in [4.69, 9.17) is 9.47 Å². The van der Waals surface area contributed by atoms with Crippen LogP contribution in [-0.4, -0.2) is 64.0 Å². The predicted octanol–water partition coefficient (Wildman–Crippen LogP) is 5.12. The zero-order valence-corrected chi connectivity index (χ0v) is 23.7. The third-order valence-corrected chi connectivity index (χ3v) is 6.63. The first kappa shape index (κ1) is 28.7. The fraction of sp³-hybridized carbons (Fsp3) is 0.407. The molecule has 0 amide bonds. The number of hydrogen-bond acceptors (Lipinski definition) is 7. The maximum absolute atomic E-state index is 11.0. The lowest BCUT2D eigenvalue weighted by atomic mass is 10.0. The van der Waals surface area contributed by atoms with Gasteiger partial charge in [0, 0.05) is 25.7 Å². The number of aliphatic hydroxyl groups is 2. The molecule has 0 fully saturated rings. The molecule has 3 atom stereocenters. The molecule has 2 N–H and O–H groups in total. The maximum atomic E-state index is 11.0. The topological polar surface area (TPSA) is 87.9 Å². The Morgan fingerprint density at radius 2 is 1.39 bits per heavy atom. The van der Waals surface area contributed by atoms with Crippen molar-refractivity contribution in [2.45, 2.75) is 38.5 Å². The number of hydrogen-bond donors (Lipinski definition) is 2. The quantitative estimate of drug-likeness (QED) is 0.191. The molecule has 194 valence electrons. The van der Waals surface area contributed by atoms with Gasteiger partial charge < -0.3 is 19.7 Å². The summed E-state index contributed by atoms with van der Waals surface area (Å²) in [7, 11) is 0. The molecule has 0 saturated carbocycles. The number of ether oxygens (including phenoxy) is 2. The third kappa shape index (κ3) is 9.21. The molecule has 0 aliphatic carbocycles. The van der Waals surface area contributed by atoms with E-state index in [1.54, 1.807) is 12.1 Å². The Balaban J connectivity index is 1.70. The van der Waals surface area contributed by atoms with Gasteiger partial charge in [0.1, 0.15) is 33.8 Å². The zero-order chi connectivity index (χ0) is 25.9. The highest BCUT2D eigenvalue weighted by molar-refractivity contribution is 9.10. The second kappa shape index (κ2) is 14.8. The first-order valence-corrected chi connectivity index (χ1v) is 13.6. The van der Waals surface area contributed by atoms with Crippen molar-refractivity contribution in [2.75, 3.05) is 32.9 Å². The summed E-state index contributed by atoms with van der Waals surface area (Å²) in [6.45, 7) is 6.43. The van der Waals surface area contributed by atoms with Gasteiger partial charge in [0.2, 0.25) is 0 Å². The van der Waals surface area contributed by atoms with E-state index in [9.17, 15) is 10.2 Å². The predicted molar refractivity (Wildman–Crippen MR) is 147 cm³/mol. The van der Waals surface area contributed by atoms with Crippen LogP contribution in [-0.2, 0) is 11.2 Å². The van der Waals surface area contributed by atoms with E-state index in [-0.39, 0.29) is 6.04 Å². The van der Waals surface area contributed by atoms with Crippen LogP contribution in [0.2, 0.25) is 0 Å². The van der Waals surface area contributed by atoms with Crippen LogP contribution in [0.4, 0.5) is 0 Å². The Kier molecular flexibility index (Phi) is 11.8. The van der Waals surface area contributed by atoms with Gasteiger partial charge in [-0.25, -0.2) is 9.97 Å². The van der Waals surface area contributed by atoms with Crippen LogP contribution in [0.5, 0.6) is 5.75 Å². The van der Waals surface area contributed by atoms with Crippen LogP contribution in [0.25, 0.3) is 0 Å². The van der Waals surface area contributed by atoms with Gasteiger partial charge in [-0.2, -0.15) is 0 Å². The summed E-state index contributed by atoms with van der Waals surface area (Å²) >= 11 is 6.74. The smallest absolute Gasteiger partial charge is 0.119 e. The molecular formula is C27H33Br2N3O4. The molecule has 3 rings (SSSR count). The number of aromatic nitrogens is 2. The van der Waals surface area contributed by atoms with Crippen molar-refractivity contribution in [3.63, 3.8) is 0 Å². The minimum atomic E-state index is -0.811. The van der Waals surface area contributed by atoms with E-state index in [0.29, 0.717) is 53.5 Å². The molecule has 9 heteroatoms. The lowest BCUT2D eigenvalue weighted by Crippen LogP contribution is -2.40. The van der Waals surface area contributed by atoms with Crippen LogP contribution in [0.15, 0.2) is 69.9 Å². The number of benzene rings is 1. The highest BCUT2D eigenvalue weighted by Gasteiger charge is 2.24. The molecule has 2 aromatic heterocycles. The van der Waals surface area contributed by atoms with Crippen molar-refractivity contribution in [1.82, 2.24) is 14.9 Å². The molecule has 0 aliphatic heterocycles. The first-order chi connectivity index (χ1) is 17.4. The van der Waals surface area contributed by atoms with E-state index in [2.05, 4.69) is 53.7 Å². The van der Waals surface area contributed by atoms with Gasteiger partial charge in [0.05, 0.1) is 18.0 Å². The normalized spacial score (nSPS) is 14.0. The standard InChI is InChI=1S/C27H33Br2N3O4/c1-3-35-14-15-36-21-12-10-20(11-13-21)16-19(2)32(17-24(33)22-6-4-8-26(28)30-22)18-25(34)23-7-5-9-27(29)31-23/h4-13,19,24-25,33-34H,3,14-18H2,1-2H3/t19-,24?,25?/m1/s1. The lowest BCUT2D eigenvalue weighted by Gasteiger charge is -2.32. The van der Waals surface area contributed by atoms with Crippen molar-refractivity contribution in [3.05, 3.63) is 86.8 Å². The monoisotopic (exact) mass is 621 g/mol. The molecule has 7 nitrogen and oxygen atoms in total. The third-order valence-electron chi connectivity index (χ3n) is 5.75. The molecular weight excluding hydrogens is 590 g/mol. The summed E-state index contributed by atoms with van der Waals surface area (Å²) in [6.07, 6.45) is -0.890. The van der Waals surface area contributed by atoms with Gasteiger partial charge >= 0.3 is 0 Å². The van der Waals surface area contributed by atoms with E-state index in [1.165, 1.54) is 0 Å².